The van der Waals surface area contributed by atoms with Gasteiger partial charge in [0.25, 0.3) is 0 Å². The second-order valence-corrected chi connectivity index (χ2v) is 4.79. The van der Waals surface area contributed by atoms with Crippen molar-refractivity contribution in [1.82, 2.24) is 15.3 Å². The highest BCUT2D eigenvalue weighted by atomic mass is 32.1. The fourth-order valence-corrected chi connectivity index (χ4v) is 2.21. The molecule has 3 N–H and O–H groups in total. The molecule has 2 aromatic heterocycles. The summed E-state index contributed by atoms with van der Waals surface area (Å²) in [6.45, 7) is 2.17. The van der Waals surface area contributed by atoms with Gasteiger partial charge in [-0.15, -0.1) is 11.3 Å². The molecule has 2 aromatic rings. The zero-order valence-electron chi connectivity index (χ0n) is 9.96. The average molecular weight is 262 g/mol. The molecule has 0 aromatic carbocycles. The Morgan fingerprint density at radius 1 is 1.56 bits per heavy atom. The van der Waals surface area contributed by atoms with Crippen molar-refractivity contribution in [2.45, 2.75) is 19.5 Å². The Bertz CT molecular complexity index is 527. The summed E-state index contributed by atoms with van der Waals surface area (Å²) in [5.41, 5.74) is 6.62. The third-order valence-electron chi connectivity index (χ3n) is 2.41. The first-order chi connectivity index (χ1) is 8.66. The molecule has 0 aliphatic carbocycles. The molecule has 6 heteroatoms. The molecule has 0 radical (unpaired) electrons. The van der Waals surface area contributed by atoms with Crippen LogP contribution in [0.25, 0.3) is 0 Å². The number of carbonyl (C=O) groups is 1. The van der Waals surface area contributed by atoms with E-state index in [1.807, 2.05) is 24.4 Å². The number of thiophene rings is 1. The van der Waals surface area contributed by atoms with Gasteiger partial charge in [-0.05, 0) is 24.4 Å². The van der Waals surface area contributed by atoms with E-state index in [2.05, 4.69) is 15.3 Å². The SMILES string of the molecule is Cc1nccc(CNC(=O)C(N)c2cccs2)n1. The summed E-state index contributed by atoms with van der Waals surface area (Å²) in [6, 6.07) is 4.88. The highest BCUT2D eigenvalue weighted by molar-refractivity contribution is 7.10. The lowest BCUT2D eigenvalue weighted by molar-refractivity contribution is -0.122. The largest absolute Gasteiger partial charge is 0.349 e. The van der Waals surface area contributed by atoms with Crippen LogP contribution in [0.2, 0.25) is 0 Å². The van der Waals surface area contributed by atoms with E-state index in [0.717, 1.165) is 10.6 Å². The number of nitrogens with one attached hydrogen (secondary N) is 1. The summed E-state index contributed by atoms with van der Waals surface area (Å²) >= 11 is 1.47. The highest BCUT2D eigenvalue weighted by Gasteiger charge is 2.16. The molecule has 2 heterocycles. The Morgan fingerprint density at radius 2 is 2.39 bits per heavy atom. The van der Waals surface area contributed by atoms with E-state index >= 15 is 0 Å². The van der Waals surface area contributed by atoms with Gasteiger partial charge < -0.3 is 11.1 Å². The number of hydrogen-bond acceptors (Lipinski definition) is 5. The van der Waals surface area contributed by atoms with Crippen LogP contribution in [0.15, 0.2) is 29.8 Å². The molecular formula is C12H14N4OS. The summed E-state index contributed by atoms with van der Waals surface area (Å²) in [5, 5.41) is 4.67. The van der Waals surface area contributed by atoms with E-state index in [9.17, 15) is 4.79 Å². The van der Waals surface area contributed by atoms with Crippen LogP contribution in [0, 0.1) is 6.92 Å². The predicted molar refractivity (Wildman–Crippen MR) is 69.9 cm³/mol. The first-order valence-corrected chi connectivity index (χ1v) is 6.40. The van der Waals surface area contributed by atoms with Gasteiger partial charge in [-0.25, -0.2) is 9.97 Å². The highest BCUT2D eigenvalue weighted by Crippen LogP contribution is 2.16. The summed E-state index contributed by atoms with van der Waals surface area (Å²) in [5.74, 6) is 0.484. The average Bonchev–Trinajstić information content (AvgIpc) is 2.89. The number of aromatic nitrogens is 2. The Balaban J connectivity index is 1.92. The second-order valence-electron chi connectivity index (χ2n) is 3.81. The Morgan fingerprint density at radius 3 is 3.06 bits per heavy atom. The molecule has 1 unspecified atom stereocenters. The molecular weight excluding hydrogens is 248 g/mol. The Hall–Kier alpha value is -1.79. The molecule has 94 valence electrons. The maximum atomic E-state index is 11.8. The van der Waals surface area contributed by atoms with Gasteiger partial charge in [-0.1, -0.05) is 6.07 Å². The molecule has 0 spiro atoms. The molecule has 0 saturated heterocycles. The first kappa shape index (κ1) is 12.7. The minimum absolute atomic E-state index is 0.200. The van der Waals surface area contributed by atoms with Crippen LogP contribution >= 0.6 is 11.3 Å². The molecule has 2 rings (SSSR count). The van der Waals surface area contributed by atoms with E-state index in [1.165, 1.54) is 11.3 Å². The molecule has 5 nitrogen and oxygen atoms in total. The zero-order chi connectivity index (χ0) is 13.0. The van der Waals surface area contributed by atoms with Crippen LogP contribution in [0.1, 0.15) is 22.4 Å². The minimum atomic E-state index is -0.618. The third kappa shape index (κ3) is 3.12. The van der Waals surface area contributed by atoms with E-state index in [4.69, 9.17) is 5.73 Å². The van der Waals surface area contributed by atoms with Gasteiger partial charge >= 0.3 is 0 Å². The fourth-order valence-electron chi connectivity index (χ4n) is 1.49. The van der Waals surface area contributed by atoms with Gasteiger partial charge in [0, 0.05) is 11.1 Å². The molecule has 0 aliphatic rings. The number of amides is 1. The van der Waals surface area contributed by atoms with Gasteiger partial charge in [-0.2, -0.15) is 0 Å². The Labute approximate surface area is 109 Å². The van der Waals surface area contributed by atoms with Crippen molar-refractivity contribution in [3.63, 3.8) is 0 Å². The van der Waals surface area contributed by atoms with Crippen LogP contribution in [0.3, 0.4) is 0 Å². The number of rotatable bonds is 4. The quantitative estimate of drug-likeness (QED) is 0.866. The molecule has 0 fully saturated rings. The third-order valence-corrected chi connectivity index (χ3v) is 3.37. The summed E-state index contributed by atoms with van der Waals surface area (Å²) in [4.78, 5) is 20.9. The maximum Gasteiger partial charge on any atom is 0.242 e. The lowest BCUT2D eigenvalue weighted by Gasteiger charge is -2.10. The number of nitrogens with two attached hydrogens (primary N) is 1. The van der Waals surface area contributed by atoms with Gasteiger partial charge in [0.05, 0.1) is 12.2 Å². The lowest BCUT2D eigenvalue weighted by Crippen LogP contribution is -2.33. The summed E-state index contributed by atoms with van der Waals surface area (Å²) in [6.07, 6.45) is 1.67. The molecule has 18 heavy (non-hydrogen) atoms. The van der Waals surface area contributed by atoms with Crippen LogP contribution in [-0.4, -0.2) is 15.9 Å². The predicted octanol–water partition coefficient (Wildman–Crippen LogP) is 1.16. The van der Waals surface area contributed by atoms with Gasteiger partial charge in [0.1, 0.15) is 11.9 Å². The number of aryl methyl sites for hydroxylation is 1. The lowest BCUT2D eigenvalue weighted by atomic mass is 10.2. The first-order valence-electron chi connectivity index (χ1n) is 5.52. The Kier molecular flexibility index (Phi) is 4.01. The van der Waals surface area contributed by atoms with Crippen molar-refractivity contribution in [3.05, 3.63) is 46.2 Å². The number of carbonyl (C=O) groups excluding carboxylic acids is 1. The van der Waals surface area contributed by atoms with Crippen molar-refractivity contribution in [2.75, 3.05) is 0 Å². The molecule has 1 amide bonds. The normalized spacial score (nSPS) is 12.1. The molecule has 0 aliphatic heterocycles. The van der Waals surface area contributed by atoms with Crippen LogP contribution in [0.5, 0.6) is 0 Å². The van der Waals surface area contributed by atoms with Crippen molar-refractivity contribution >= 4 is 17.2 Å². The second kappa shape index (κ2) is 5.70. The van der Waals surface area contributed by atoms with Gasteiger partial charge in [0.2, 0.25) is 5.91 Å². The van der Waals surface area contributed by atoms with Crippen molar-refractivity contribution in [3.8, 4) is 0 Å². The van der Waals surface area contributed by atoms with Crippen LogP contribution < -0.4 is 11.1 Å². The number of hydrogen-bond donors (Lipinski definition) is 2. The van der Waals surface area contributed by atoms with Crippen molar-refractivity contribution < 1.29 is 4.79 Å². The smallest absolute Gasteiger partial charge is 0.242 e. The number of nitrogens with zero attached hydrogens (tertiary/aromatic N) is 2. The summed E-state index contributed by atoms with van der Waals surface area (Å²) in [7, 11) is 0. The van der Waals surface area contributed by atoms with Gasteiger partial charge in [0.15, 0.2) is 0 Å². The van der Waals surface area contributed by atoms with E-state index < -0.39 is 6.04 Å². The standard InChI is InChI=1S/C12H14N4OS/c1-8-14-5-4-9(16-8)7-15-12(17)11(13)10-3-2-6-18-10/h2-6,11H,7,13H2,1H3,(H,15,17). The maximum absolute atomic E-state index is 11.8. The van der Waals surface area contributed by atoms with Crippen molar-refractivity contribution in [1.29, 1.82) is 0 Å². The topological polar surface area (TPSA) is 80.9 Å². The van der Waals surface area contributed by atoms with Crippen molar-refractivity contribution in [2.24, 2.45) is 5.73 Å². The van der Waals surface area contributed by atoms with E-state index in [0.29, 0.717) is 12.4 Å². The van der Waals surface area contributed by atoms with E-state index in [1.54, 1.807) is 12.3 Å². The monoisotopic (exact) mass is 262 g/mol. The molecule has 0 bridgehead atoms. The zero-order valence-corrected chi connectivity index (χ0v) is 10.8. The fraction of sp³-hybridized carbons (Fsp3) is 0.250. The van der Waals surface area contributed by atoms with Gasteiger partial charge in [-0.3, -0.25) is 4.79 Å². The molecule has 0 saturated carbocycles. The molecule has 1 atom stereocenters. The van der Waals surface area contributed by atoms with Crippen LogP contribution in [-0.2, 0) is 11.3 Å². The van der Waals surface area contributed by atoms with Crippen LogP contribution in [0.4, 0.5) is 0 Å². The van der Waals surface area contributed by atoms with E-state index in [-0.39, 0.29) is 5.91 Å². The minimum Gasteiger partial charge on any atom is -0.349 e. The summed E-state index contributed by atoms with van der Waals surface area (Å²) < 4.78 is 0.